The number of esters is 1. The molecule has 0 heterocycles. The van der Waals surface area contributed by atoms with Gasteiger partial charge < -0.3 is 4.74 Å². The van der Waals surface area contributed by atoms with Gasteiger partial charge in [0, 0.05) is 18.1 Å². The Bertz CT molecular complexity index is 831. The van der Waals surface area contributed by atoms with Crippen LogP contribution in [-0.2, 0) is 11.2 Å². The molecule has 0 saturated carbocycles. The Kier molecular flexibility index (Phi) is 8.52. The van der Waals surface area contributed by atoms with E-state index in [-0.39, 0.29) is 16.4 Å². The van der Waals surface area contributed by atoms with Gasteiger partial charge in [-0.2, -0.15) is 5.12 Å². The fourth-order valence-corrected chi connectivity index (χ4v) is 2.87. The number of hydrogen-bond acceptors (Lipinski definition) is 4. The van der Waals surface area contributed by atoms with Gasteiger partial charge in [-0.05, 0) is 42.7 Å². The Hall–Kier alpha value is -3.02. The number of ether oxygens (including phenoxy) is 1. The quantitative estimate of drug-likeness (QED) is 0.187. The Balaban J connectivity index is 1.90. The second kappa shape index (κ2) is 11.1. The van der Waals surface area contributed by atoms with Crippen LogP contribution in [0.2, 0.25) is 0 Å². The third-order valence-corrected chi connectivity index (χ3v) is 4.46. The van der Waals surface area contributed by atoms with E-state index < -0.39 is 24.2 Å². The first kappa shape index (κ1) is 22.3. The maximum absolute atomic E-state index is 14.2. The number of unbranched alkanes of at least 4 members (excludes halogenated alkanes) is 3. The van der Waals surface area contributed by atoms with Crippen molar-refractivity contribution >= 4 is 17.7 Å². The van der Waals surface area contributed by atoms with E-state index in [1.54, 1.807) is 12.1 Å². The topological polar surface area (TPSA) is 63.7 Å². The van der Waals surface area contributed by atoms with Crippen LogP contribution < -0.4 is 4.74 Å². The molecule has 0 spiro atoms. The molecule has 0 fully saturated rings. The summed E-state index contributed by atoms with van der Waals surface area (Å²) >= 11 is 0. The first-order chi connectivity index (χ1) is 13.9. The van der Waals surface area contributed by atoms with Crippen molar-refractivity contribution in [3.8, 4) is 5.75 Å². The van der Waals surface area contributed by atoms with Crippen LogP contribution in [0.3, 0.4) is 0 Å². The number of nitrogens with zero attached hydrogens (tertiary/aromatic N) is 1. The van der Waals surface area contributed by atoms with Crippen molar-refractivity contribution in [1.29, 1.82) is 0 Å². The highest BCUT2D eigenvalue weighted by Crippen LogP contribution is 2.15. The van der Waals surface area contributed by atoms with E-state index in [0.29, 0.717) is 5.56 Å². The van der Waals surface area contributed by atoms with Gasteiger partial charge >= 0.3 is 5.97 Å². The summed E-state index contributed by atoms with van der Waals surface area (Å²) in [6.45, 7) is 2.75. The molecule has 0 aliphatic heterocycles. The van der Waals surface area contributed by atoms with Gasteiger partial charge in [-0.3, -0.25) is 14.4 Å². The average Bonchev–Trinajstić information content (AvgIpc) is 2.71. The van der Waals surface area contributed by atoms with Gasteiger partial charge in [0.2, 0.25) is 0 Å². The number of ketones is 1. The first-order valence-corrected chi connectivity index (χ1v) is 9.79. The van der Waals surface area contributed by atoms with Crippen molar-refractivity contribution in [3.05, 3.63) is 65.2 Å². The lowest BCUT2D eigenvalue weighted by Gasteiger charge is -2.12. The van der Waals surface area contributed by atoms with Gasteiger partial charge in [0.05, 0.1) is 0 Å². The SMILES string of the molecule is CCCCCCc1ccc(C(=O)CN(F)C(=O)c2ccc(OC(C)=O)cc2)cc1. The zero-order valence-electron chi connectivity index (χ0n) is 16.8. The molecule has 0 aliphatic rings. The van der Waals surface area contributed by atoms with Gasteiger partial charge in [0.1, 0.15) is 12.3 Å². The monoisotopic (exact) mass is 399 g/mol. The van der Waals surface area contributed by atoms with Crippen molar-refractivity contribution in [2.75, 3.05) is 6.54 Å². The molecule has 5 nitrogen and oxygen atoms in total. The molecule has 0 aliphatic carbocycles. The first-order valence-electron chi connectivity index (χ1n) is 9.79. The van der Waals surface area contributed by atoms with Gasteiger partial charge in [-0.1, -0.05) is 54.9 Å². The molecule has 0 atom stereocenters. The van der Waals surface area contributed by atoms with Crippen LogP contribution in [-0.4, -0.2) is 29.3 Å². The molecule has 2 rings (SSSR count). The van der Waals surface area contributed by atoms with Crippen LogP contribution in [0.25, 0.3) is 0 Å². The highest BCUT2D eigenvalue weighted by Gasteiger charge is 2.20. The fraction of sp³-hybridized carbons (Fsp3) is 0.348. The van der Waals surface area contributed by atoms with Crippen molar-refractivity contribution < 1.29 is 23.6 Å². The van der Waals surface area contributed by atoms with Crippen molar-refractivity contribution in [2.24, 2.45) is 0 Å². The maximum atomic E-state index is 14.2. The standard InChI is InChI=1S/C23H26FNO4/c1-3-4-5-6-7-18-8-10-19(11-9-18)22(27)16-25(24)23(28)20-12-14-21(15-13-20)29-17(2)26/h8-15H,3-7,16H2,1-2H3. The summed E-state index contributed by atoms with van der Waals surface area (Å²) in [4.78, 5) is 35.3. The highest BCUT2D eigenvalue weighted by molar-refractivity contribution is 6.01. The summed E-state index contributed by atoms with van der Waals surface area (Å²) in [5.41, 5.74) is 1.56. The molecule has 6 heteroatoms. The Morgan fingerprint density at radius 2 is 1.52 bits per heavy atom. The number of rotatable bonds is 10. The summed E-state index contributed by atoms with van der Waals surface area (Å²) in [6.07, 6.45) is 5.62. The molecule has 2 aromatic rings. The molecule has 1 amide bonds. The third-order valence-electron chi connectivity index (χ3n) is 4.46. The molecule has 29 heavy (non-hydrogen) atoms. The predicted octanol–water partition coefficient (Wildman–Crippen LogP) is 4.94. The molecular formula is C23H26FNO4. The predicted molar refractivity (Wildman–Crippen MR) is 109 cm³/mol. The number of carbonyl (C=O) groups is 3. The Morgan fingerprint density at radius 1 is 0.897 bits per heavy atom. The second-order valence-corrected chi connectivity index (χ2v) is 6.87. The number of halogens is 1. The lowest BCUT2D eigenvalue weighted by molar-refractivity contribution is -0.131. The van der Waals surface area contributed by atoms with E-state index in [1.807, 2.05) is 12.1 Å². The van der Waals surface area contributed by atoms with Gasteiger partial charge in [-0.25, -0.2) is 0 Å². The molecule has 0 aromatic heterocycles. The summed E-state index contributed by atoms with van der Waals surface area (Å²) in [5.74, 6) is -1.64. The smallest absolute Gasteiger partial charge is 0.308 e. The van der Waals surface area contributed by atoms with Crippen LogP contribution >= 0.6 is 0 Å². The summed E-state index contributed by atoms with van der Waals surface area (Å²) in [7, 11) is 0. The van der Waals surface area contributed by atoms with E-state index >= 15 is 0 Å². The number of carbonyl (C=O) groups excluding carboxylic acids is 3. The average molecular weight is 399 g/mol. The molecule has 154 valence electrons. The summed E-state index contributed by atoms with van der Waals surface area (Å²) in [6, 6.07) is 12.5. The molecule has 0 N–H and O–H groups in total. The van der Waals surface area contributed by atoms with Crippen LogP contribution in [0, 0.1) is 0 Å². The van der Waals surface area contributed by atoms with Crippen molar-refractivity contribution in [1.82, 2.24) is 5.12 Å². The highest BCUT2D eigenvalue weighted by atomic mass is 19.2. The number of Topliss-reactive ketones (excluding diaryl/α,β-unsaturated/α-hetero) is 1. The minimum absolute atomic E-state index is 0.0543. The van der Waals surface area contributed by atoms with Crippen LogP contribution in [0.5, 0.6) is 5.75 Å². The van der Waals surface area contributed by atoms with E-state index in [1.165, 1.54) is 50.5 Å². The number of amides is 1. The van der Waals surface area contributed by atoms with E-state index in [9.17, 15) is 18.9 Å². The van der Waals surface area contributed by atoms with Crippen molar-refractivity contribution in [3.63, 3.8) is 0 Å². The van der Waals surface area contributed by atoms with Crippen molar-refractivity contribution in [2.45, 2.75) is 46.0 Å². The summed E-state index contributed by atoms with van der Waals surface area (Å²) in [5, 5.41) is -0.109. The largest absolute Gasteiger partial charge is 0.427 e. The van der Waals surface area contributed by atoms with Gasteiger partial charge in [0.25, 0.3) is 5.91 Å². The van der Waals surface area contributed by atoms with Crippen LogP contribution in [0.4, 0.5) is 4.48 Å². The molecule has 0 saturated heterocycles. The van der Waals surface area contributed by atoms with Gasteiger partial charge in [-0.15, -0.1) is 0 Å². The zero-order valence-corrected chi connectivity index (χ0v) is 16.8. The van der Waals surface area contributed by atoms with Crippen LogP contribution in [0.15, 0.2) is 48.5 Å². The lowest BCUT2D eigenvalue weighted by atomic mass is 10.0. The number of benzene rings is 2. The van der Waals surface area contributed by atoms with Crippen LogP contribution in [0.1, 0.15) is 65.8 Å². The summed E-state index contributed by atoms with van der Waals surface area (Å²) < 4.78 is 19.1. The molecule has 0 unspecified atom stereocenters. The molecular weight excluding hydrogens is 373 g/mol. The zero-order chi connectivity index (χ0) is 21.2. The second-order valence-electron chi connectivity index (χ2n) is 6.87. The fourth-order valence-electron chi connectivity index (χ4n) is 2.87. The minimum Gasteiger partial charge on any atom is -0.427 e. The van der Waals surface area contributed by atoms with E-state index in [0.717, 1.165) is 18.4 Å². The Labute approximate surface area is 170 Å². The van der Waals surface area contributed by atoms with E-state index in [4.69, 9.17) is 4.74 Å². The number of hydrogen-bond donors (Lipinski definition) is 0. The molecule has 0 bridgehead atoms. The Morgan fingerprint density at radius 3 is 2.10 bits per heavy atom. The van der Waals surface area contributed by atoms with Gasteiger partial charge in [0.15, 0.2) is 5.78 Å². The molecule has 0 radical (unpaired) electrons. The molecule has 2 aromatic carbocycles. The normalized spacial score (nSPS) is 10.4. The van der Waals surface area contributed by atoms with E-state index in [2.05, 4.69) is 6.92 Å². The lowest BCUT2D eigenvalue weighted by Crippen LogP contribution is -2.28. The minimum atomic E-state index is -0.930. The number of aryl methyl sites for hydroxylation is 1. The third kappa shape index (κ3) is 7.14. The maximum Gasteiger partial charge on any atom is 0.308 e.